The zero-order valence-electron chi connectivity index (χ0n) is 16.2. The molecular weight excluding hydrogens is 372 g/mol. The predicted octanol–water partition coefficient (Wildman–Crippen LogP) is 3.55. The average Bonchev–Trinajstić information content (AvgIpc) is 3.00. The molecule has 7 heteroatoms. The Morgan fingerprint density at radius 1 is 1.04 bits per heavy atom. The van der Waals surface area contributed by atoms with Crippen LogP contribution in [0.4, 0.5) is 0 Å². The Kier molecular flexibility index (Phi) is 5.45. The maximum absolute atomic E-state index is 5.87. The van der Waals surface area contributed by atoms with Crippen molar-refractivity contribution in [3.05, 3.63) is 70.3 Å². The minimum absolute atomic E-state index is 0.363. The third-order valence-electron chi connectivity index (χ3n) is 5.10. The van der Waals surface area contributed by atoms with Crippen LogP contribution in [0.2, 0.25) is 0 Å². The molecule has 0 spiro atoms. The first-order valence-electron chi connectivity index (χ1n) is 9.33. The van der Waals surface area contributed by atoms with Gasteiger partial charge in [-0.3, -0.25) is 4.90 Å². The number of methoxy groups -OCH3 is 1. The van der Waals surface area contributed by atoms with Crippen LogP contribution in [0.3, 0.4) is 0 Å². The highest BCUT2D eigenvalue weighted by atomic mass is 32.1. The smallest absolute Gasteiger partial charge is 0.198 e. The molecule has 1 aliphatic rings. The van der Waals surface area contributed by atoms with Gasteiger partial charge in [0.25, 0.3) is 0 Å². The van der Waals surface area contributed by atoms with Crippen LogP contribution in [-0.4, -0.2) is 32.9 Å². The number of fused-ring (bicyclic) bond motifs is 1. The molecule has 0 aliphatic carbocycles. The van der Waals surface area contributed by atoms with Crippen molar-refractivity contribution in [1.82, 2.24) is 19.2 Å². The van der Waals surface area contributed by atoms with E-state index >= 15 is 0 Å². The maximum Gasteiger partial charge on any atom is 0.198 e. The number of ether oxygens (including phenoxy) is 2. The van der Waals surface area contributed by atoms with Crippen LogP contribution in [0.5, 0.6) is 11.5 Å². The number of hydrogen-bond acceptors (Lipinski definition) is 5. The van der Waals surface area contributed by atoms with Crippen LogP contribution in [0.1, 0.15) is 17.0 Å². The molecule has 6 nitrogen and oxygen atoms in total. The quantitative estimate of drug-likeness (QED) is 0.596. The van der Waals surface area contributed by atoms with E-state index in [1.54, 1.807) is 7.11 Å². The lowest BCUT2D eigenvalue weighted by Gasteiger charge is -2.28. The standard InChI is InChI=1S/C21H24N4O2S/c1-23-20(14-27-19-9-7-18(26-2)8-10-19)22-25(21(23)28)15-24-12-11-16-5-3-4-6-17(16)13-24/h3-10H,11-15H2,1-2H3. The Morgan fingerprint density at radius 3 is 2.50 bits per heavy atom. The van der Waals surface area contributed by atoms with E-state index in [0.29, 0.717) is 18.0 Å². The number of hydrogen-bond donors (Lipinski definition) is 0. The molecule has 0 bridgehead atoms. The molecule has 2 heterocycles. The van der Waals surface area contributed by atoms with E-state index in [1.807, 2.05) is 40.6 Å². The number of rotatable bonds is 6. The Bertz CT molecular complexity index is 1010. The highest BCUT2D eigenvalue weighted by Gasteiger charge is 2.17. The molecule has 1 aromatic heterocycles. The second-order valence-corrected chi connectivity index (χ2v) is 7.30. The molecule has 4 rings (SSSR count). The Balaban J connectivity index is 1.43. The lowest BCUT2D eigenvalue weighted by atomic mass is 10.0. The van der Waals surface area contributed by atoms with E-state index in [2.05, 4.69) is 29.2 Å². The van der Waals surface area contributed by atoms with Gasteiger partial charge in [-0.1, -0.05) is 24.3 Å². The van der Waals surface area contributed by atoms with E-state index < -0.39 is 0 Å². The average molecular weight is 397 g/mol. The Hall–Kier alpha value is -2.64. The largest absolute Gasteiger partial charge is 0.497 e. The van der Waals surface area contributed by atoms with E-state index in [-0.39, 0.29) is 0 Å². The van der Waals surface area contributed by atoms with Crippen LogP contribution in [0, 0.1) is 4.77 Å². The predicted molar refractivity (Wildman–Crippen MR) is 110 cm³/mol. The van der Waals surface area contributed by atoms with Crippen molar-refractivity contribution in [2.24, 2.45) is 7.05 Å². The Morgan fingerprint density at radius 2 is 1.75 bits per heavy atom. The second-order valence-electron chi connectivity index (χ2n) is 6.93. The molecule has 0 N–H and O–H groups in total. The summed E-state index contributed by atoms with van der Waals surface area (Å²) in [6.07, 6.45) is 1.06. The van der Waals surface area contributed by atoms with Gasteiger partial charge in [-0.15, -0.1) is 0 Å². The van der Waals surface area contributed by atoms with Gasteiger partial charge in [0.1, 0.15) is 18.1 Å². The van der Waals surface area contributed by atoms with E-state index in [9.17, 15) is 0 Å². The van der Waals surface area contributed by atoms with E-state index in [1.165, 1.54) is 11.1 Å². The molecule has 0 saturated heterocycles. The molecule has 0 radical (unpaired) electrons. The van der Waals surface area contributed by atoms with Gasteiger partial charge in [-0.25, -0.2) is 4.68 Å². The van der Waals surface area contributed by atoms with Crippen LogP contribution >= 0.6 is 12.2 Å². The van der Waals surface area contributed by atoms with Gasteiger partial charge in [0.15, 0.2) is 10.6 Å². The molecule has 146 valence electrons. The minimum Gasteiger partial charge on any atom is -0.497 e. The summed E-state index contributed by atoms with van der Waals surface area (Å²) in [6.45, 7) is 2.98. The van der Waals surface area contributed by atoms with Gasteiger partial charge in [-0.05, 0) is 54.0 Å². The molecule has 0 saturated carbocycles. The molecule has 0 atom stereocenters. The second kappa shape index (κ2) is 8.16. The summed E-state index contributed by atoms with van der Waals surface area (Å²) in [6, 6.07) is 16.1. The maximum atomic E-state index is 5.87. The van der Waals surface area contributed by atoms with Crippen molar-refractivity contribution in [2.45, 2.75) is 26.2 Å². The van der Waals surface area contributed by atoms with Crippen molar-refractivity contribution in [1.29, 1.82) is 0 Å². The van der Waals surface area contributed by atoms with Gasteiger partial charge < -0.3 is 14.0 Å². The summed E-state index contributed by atoms with van der Waals surface area (Å²) in [5.41, 5.74) is 2.83. The minimum atomic E-state index is 0.363. The first-order valence-corrected chi connectivity index (χ1v) is 9.73. The fourth-order valence-electron chi connectivity index (χ4n) is 3.43. The van der Waals surface area contributed by atoms with E-state index in [4.69, 9.17) is 26.8 Å². The number of nitrogens with zero attached hydrogens (tertiary/aromatic N) is 4. The lowest BCUT2D eigenvalue weighted by molar-refractivity contribution is 0.187. The summed E-state index contributed by atoms with van der Waals surface area (Å²) in [7, 11) is 3.58. The van der Waals surface area contributed by atoms with Crippen molar-refractivity contribution < 1.29 is 9.47 Å². The zero-order valence-corrected chi connectivity index (χ0v) is 17.0. The summed E-state index contributed by atoms with van der Waals surface area (Å²) in [5.74, 6) is 2.38. The number of benzene rings is 2. The summed E-state index contributed by atoms with van der Waals surface area (Å²) < 4.78 is 15.5. The third-order valence-corrected chi connectivity index (χ3v) is 5.59. The fourth-order valence-corrected chi connectivity index (χ4v) is 3.64. The monoisotopic (exact) mass is 396 g/mol. The molecule has 0 unspecified atom stereocenters. The van der Waals surface area contributed by atoms with E-state index in [0.717, 1.165) is 36.8 Å². The zero-order chi connectivity index (χ0) is 19.5. The highest BCUT2D eigenvalue weighted by Crippen LogP contribution is 2.20. The first-order chi connectivity index (χ1) is 13.6. The van der Waals surface area contributed by atoms with Crippen molar-refractivity contribution in [3.8, 4) is 11.5 Å². The molecule has 0 amide bonds. The molecular formula is C21H24N4O2S. The summed E-state index contributed by atoms with van der Waals surface area (Å²) >= 11 is 5.59. The van der Waals surface area contributed by atoms with Crippen LogP contribution in [-0.2, 0) is 33.3 Å². The highest BCUT2D eigenvalue weighted by molar-refractivity contribution is 7.71. The Labute approximate surface area is 169 Å². The van der Waals surface area contributed by atoms with Gasteiger partial charge in [0.05, 0.1) is 13.8 Å². The van der Waals surface area contributed by atoms with Crippen molar-refractivity contribution >= 4 is 12.2 Å². The summed E-state index contributed by atoms with van der Waals surface area (Å²) in [5, 5.41) is 4.69. The van der Waals surface area contributed by atoms with Crippen LogP contribution < -0.4 is 9.47 Å². The van der Waals surface area contributed by atoms with Gasteiger partial charge in [0, 0.05) is 20.1 Å². The molecule has 1 aliphatic heterocycles. The molecule has 0 fully saturated rings. The third kappa shape index (κ3) is 3.95. The van der Waals surface area contributed by atoms with Crippen LogP contribution in [0.15, 0.2) is 48.5 Å². The molecule has 3 aromatic rings. The number of aromatic nitrogens is 3. The van der Waals surface area contributed by atoms with Gasteiger partial charge in [-0.2, -0.15) is 5.10 Å². The van der Waals surface area contributed by atoms with Crippen LogP contribution in [0.25, 0.3) is 0 Å². The topological polar surface area (TPSA) is 44.5 Å². The van der Waals surface area contributed by atoms with Gasteiger partial charge >= 0.3 is 0 Å². The van der Waals surface area contributed by atoms with Crippen molar-refractivity contribution in [2.75, 3.05) is 13.7 Å². The molecule has 2 aromatic carbocycles. The SMILES string of the molecule is COc1ccc(OCc2nn(CN3CCc4ccccc4C3)c(=S)n2C)cc1. The first kappa shape index (κ1) is 18.7. The summed E-state index contributed by atoms with van der Waals surface area (Å²) in [4.78, 5) is 2.37. The lowest BCUT2D eigenvalue weighted by Crippen LogP contribution is -2.32. The molecule has 28 heavy (non-hydrogen) atoms. The normalized spacial score (nSPS) is 13.9. The van der Waals surface area contributed by atoms with Crippen molar-refractivity contribution in [3.63, 3.8) is 0 Å². The fraction of sp³-hybridized carbons (Fsp3) is 0.333. The van der Waals surface area contributed by atoms with Gasteiger partial charge in [0.2, 0.25) is 0 Å².